The lowest BCUT2D eigenvalue weighted by molar-refractivity contribution is -0.0897. The van der Waals surface area contributed by atoms with Crippen molar-refractivity contribution in [2.24, 2.45) is 34.3 Å². The molecule has 44 heavy (non-hydrogen) atoms. The molecule has 6 fully saturated rings. The summed E-state index contributed by atoms with van der Waals surface area (Å²) < 4.78 is 6.07. The molecule has 0 aromatic heterocycles. The Bertz CT molecular complexity index is 1370. The number of nitrogens with two attached hydrogens (primary N) is 1. The minimum absolute atomic E-state index is 0.357. The number of benzene rings is 2. The van der Waals surface area contributed by atoms with Gasteiger partial charge < -0.3 is 15.4 Å². The molecule has 2 aromatic carbocycles. The Morgan fingerprint density at radius 2 is 1.77 bits per heavy atom. The van der Waals surface area contributed by atoms with Crippen LogP contribution in [0.1, 0.15) is 92.2 Å². The SMILES string of the molecule is COC1C2CC3CCC(CN4CCN(C5CC6(C5)CN(c5ccc(C(N)=O)cc5)C6)[C@H](c5ccccc5C(C)C)C4)(C2)CC31. The third-order valence-electron chi connectivity index (χ3n) is 13.2. The second kappa shape index (κ2) is 10.8. The van der Waals surface area contributed by atoms with E-state index in [1.54, 1.807) is 5.56 Å². The molecule has 0 radical (unpaired) electrons. The standard InChI is InChI=1S/C38H52N4O2/c1-25(2)31-6-4-5-7-32(31)34-21-40(22-37-13-12-27-16-28(17-37)35(44-3)33(27)20-37)14-15-42(34)30-18-38(19-30)23-41(24-38)29-10-8-26(9-11-29)36(39)43/h4-11,25,27-28,30,33-35H,12-24H2,1-3H3,(H2,39,43)/t27?,28?,33?,34-,35?,37?/m0/s1. The summed E-state index contributed by atoms with van der Waals surface area (Å²) in [7, 11) is 1.96. The van der Waals surface area contributed by atoms with E-state index in [0.29, 0.717) is 40.5 Å². The lowest BCUT2D eigenvalue weighted by Gasteiger charge is -2.63. The zero-order valence-corrected chi connectivity index (χ0v) is 27.1. The van der Waals surface area contributed by atoms with Gasteiger partial charge >= 0.3 is 0 Å². The summed E-state index contributed by atoms with van der Waals surface area (Å²) in [5.41, 5.74) is 11.3. The van der Waals surface area contributed by atoms with Crippen LogP contribution in [-0.2, 0) is 4.74 Å². The fourth-order valence-electron chi connectivity index (χ4n) is 11.3. The van der Waals surface area contributed by atoms with Gasteiger partial charge in [-0.3, -0.25) is 14.6 Å². The number of hydrogen-bond acceptors (Lipinski definition) is 5. The second-order valence-electron chi connectivity index (χ2n) is 16.2. The van der Waals surface area contributed by atoms with E-state index < -0.39 is 0 Å². The molecule has 3 bridgehead atoms. The van der Waals surface area contributed by atoms with E-state index in [-0.39, 0.29) is 5.91 Å². The number of carbonyl (C=O) groups is 1. The fraction of sp³-hybridized carbons (Fsp3) is 0.658. The van der Waals surface area contributed by atoms with Crippen LogP contribution in [0.5, 0.6) is 0 Å². The number of nitrogens with zero attached hydrogens (tertiary/aromatic N) is 3. The number of rotatable bonds is 8. The Balaban J connectivity index is 0.969. The molecule has 2 heterocycles. The molecule has 6 atom stereocenters. The van der Waals surface area contributed by atoms with Gasteiger partial charge in [0.15, 0.2) is 0 Å². The van der Waals surface area contributed by atoms with Crippen LogP contribution in [-0.4, -0.2) is 74.2 Å². The van der Waals surface area contributed by atoms with Gasteiger partial charge in [0.25, 0.3) is 0 Å². The lowest BCUT2D eigenvalue weighted by Crippen LogP contribution is -2.68. The van der Waals surface area contributed by atoms with Gasteiger partial charge in [0.1, 0.15) is 0 Å². The monoisotopic (exact) mass is 596 g/mol. The van der Waals surface area contributed by atoms with E-state index in [4.69, 9.17) is 10.5 Å². The Hall–Kier alpha value is -2.41. The van der Waals surface area contributed by atoms with Crippen LogP contribution in [0.2, 0.25) is 0 Å². The van der Waals surface area contributed by atoms with E-state index in [0.717, 1.165) is 30.8 Å². The van der Waals surface area contributed by atoms with Gasteiger partial charge in [0.05, 0.1) is 6.10 Å². The first-order valence-corrected chi connectivity index (χ1v) is 17.5. The molecule has 6 nitrogen and oxygen atoms in total. The van der Waals surface area contributed by atoms with E-state index >= 15 is 0 Å². The van der Waals surface area contributed by atoms with Crippen LogP contribution in [0, 0.1) is 28.6 Å². The molecule has 2 aromatic rings. The first-order valence-electron chi connectivity index (χ1n) is 17.5. The van der Waals surface area contributed by atoms with Crippen LogP contribution in [0.3, 0.4) is 0 Å². The molecule has 8 rings (SSSR count). The number of hydrogen-bond donors (Lipinski definition) is 1. The first-order chi connectivity index (χ1) is 21.3. The van der Waals surface area contributed by atoms with Crippen LogP contribution in [0.15, 0.2) is 48.5 Å². The van der Waals surface area contributed by atoms with Crippen LogP contribution in [0.4, 0.5) is 5.69 Å². The maximum Gasteiger partial charge on any atom is 0.248 e. The average Bonchev–Trinajstić information content (AvgIpc) is 3.10. The molecule has 2 saturated heterocycles. The number of fused-ring (bicyclic) bond motifs is 2. The Kier molecular flexibility index (Phi) is 7.15. The van der Waals surface area contributed by atoms with Gasteiger partial charge in [-0.2, -0.15) is 0 Å². The number of carbonyl (C=O) groups excluding carboxylic acids is 1. The first kappa shape index (κ1) is 29.0. The number of primary amides is 1. The maximum absolute atomic E-state index is 11.5. The predicted octanol–water partition coefficient (Wildman–Crippen LogP) is 6.08. The topological polar surface area (TPSA) is 62.0 Å². The van der Waals surface area contributed by atoms with Crippen molar-refractivity contribution < 1.29 is 9.53 Å². The van der Waals surface area contributed by atoms with Gasteiger partial charge in [0, 0.05) is 75.1 Å². The molecular weight excluding hydrogens is 544 g/mol. The number of amides is 1. The van der Waals surface area contributed by atoms with Gasteiger partial charge in [0.2, 0.25) is 5.91 Å². The van der Waals surface area contributed by atoms with Crippen LogP contribution in [0.25, 0.3) is 0 Å². The summed E-state index contributed by atoms with van der Waals surface area (Å²) in [5.74, 6) is 2.70. The highest BCUT2D eigenvalue weighted by atomic mass is 16.5. The molecule has 4 aliphatic carbocycles. The molecule has 2 N–H and O–H groups in total. The second-order valence-corrected chi connectivity index (χ2v) is 16.2. The summed E-state index contributed by atoms with van der Waals surface area (Å²) in [6, 6.07) is 18.3. The van der Waals surface area contributed by atoms with Crippen molar-refractivity contribution in [2.75, 3.05) is 51.3 Å². The summed E-state index contributed by atoms with van der Waals surface area (Å²) >= 11 is 0. The molecular formula is C38H52N4O2. The Labute approximate surface area is 264 Å². The van der Waals surface area contributed by atoms with E-state index in [2.05, 4.69) is 64.9 Å². The Morgan fingerprint density at radius 1 is 1.00 bits per heavy atom. The van der Waals surface area contributed by atoms with Gasteiger partial charge in [-0.1, -0.05) is 38.1 Å². The van der Waals surface area contributed by atoms with E-state index in [1.807, 2.05) is 19.2 Å². The molecule has 6 aliphatic rings. The summed E-state index contributed by atoms with van der Waals surface area (Å²) in [4.78, 5) is 19.8. The number of piperazine rings is 1. The van der Waals surface area contributed by atoms with Gasteiger partial charge in [-0.25, -0.2) is 0 Å². The molecule has 2 aliphatic heterocycles. The minimum Gasteiger partial charge on any atom is -0.381 e. The largest absolute Gasteiger partial charge is 0.381 e. The van der Waals surface area contributed by atoms with E-state index in [1.165, 1.54) is 82.4 Å². The summed E-state index contributed by atoms with van der Waals surface area (Å²) in [6.45, 7) is 11.8. The number of ether oxygens (including phenoxy) is 1. The zero-order chi connectivity index (χ0) is 30.2. The van der Waals surface area contributed by atoms with Gasteiger partial charge in [-0.15, -0.1) is 0 Å². The molecule has 5 unspecified atom stereocenters. The van der Waals surface area contributed by atoms with Crippen molar-refractivity contribution in [1.82, 2.24) is 9.80 Å². The molecule has 1 spiro atoms. The molecule has 1 amide bonds. The summed E-state index contributed by atoms with van der Waals surface area (Å²) in [6.07, 6.45) is 10.2. The molecule has 4 saturated carbocycles. The van der Waals surface area contributed by atoms with Crippen molar-refractivity contribution in [3.05, 3.63) is 65.2 Å². The average molecular weight is 597 g/mol. The van der Waals surface area contributed by atoms with Crippen molar-refractivity contribution in [3.63, 3.8) is 0 Å². The molecule has 236 valence electrons. The Morgan fingerprint density at radius 3 is 2.50 bits per heavy atom. The fourth-order valence-corrected chi connectivity index (χ4v) is 11.3. The van der Waals surface area contributed by atoms with Crippen molar-refractivity contribution in [2.45, 2.75) is 82.9 Å². The van der Waals surface area contributed by atoms with Crippen molar-refractivity contribution in [1.29, 1.82) is 0 Å². The van der Waals surface area contributed by atoms with Crippen molar-refractivity contribution in [3.8, 4) is 0 Å². The quantitative estimate of drug-likeness (QED) is 0.400. The van der Waals surface area contributed by atoms with Crippen molar-refractivity contribution >= 4 is 11.6 Å². The predicted molar refractivity (Wildman–Crippen MR) is 176 cm³/mol. The number of methoxy groups -OCH3 is 1. The highest BCUT2D eigenvalue weighted by Gasteiger charge is 2.58. The highest BCUT2D eigenvalue weighted by Crippen LogP contribution is 2.62. The smallest absolute Gasteiger partial charge is 0.248 e. The number of anilines is 1. The van der Waals surface area contributed by atoms with Gasteiger partial charge in [-0.05, 0) is 109 Å². The lowest BCUT2D eigenvalue weighted by atomic mass is 9.59. The van der Waals surface area contributed by atoms with Crippen LogP contribution >= 0.6 is 0 Å². The maximum atomic E-state index is 11.5. The zero-order valence-electron chi connectivity index (χ0n) is 27.1. The van der Waals surface area contributed by atoms with E-state index in [9.17, 15) is 4.79 Å². The highest BCUT2D eigenvalue weighted by molar-refractivity contribution is 5.93. The summed E-state index contributed by atoms with van der Waals surface area (Å²) in [5, 5.41) is 0. The minimum atomic E-state index is -0.357. The van der Waals surface area contributed by atoms with Crippen LogP contribution < -0.4 is 10.6 Å². The molecule has 6 heteroatoms. The normalized spacial score (nSPS) is 34.8. The third kappa shape index (κ3) is 4.82. The third-order valence-corrected chi connectivity index (χ3v) is 13.2.